The summed E-state index contributed by atoms with van der Waals surface area (Å²) >= 11 is 4.57. The first-order valence-electron chi connectivity index (χ1n) is 5.53. The summed E-state index contributed by atoms with van der Waals surface area (Å²) in [4.78, 5) is -0.435. The molecule has 3 N–H and O–H groups in total. The van der Waals surface area contributed by atoms with Crippen LogP contribution in [0.15, 0.2) is 21.5 Å². The van der Waals surface area contributed by atoms with Crippen molar-refractivity contribution in [1.29, 1.82) is 0 Å². The molecule has 19 heavy (non-hydrogen) atoms. The van der Waals surface area contributed by atoms with Gasteiger partial charge in [0.1, 0.15) is 4.90 Å². The van der Waals surface area contributed by atoms with Gasteiger partial charge in [0.05, 0.1) is 4.47 Å². The van der Waals surface area contributed by atoms with E-state index in [1.807, 2.05) is 6.26 Å². The lowest BCUT2D eigenvalue weighted by molar-refractivity contribution is 0.538. The molecule has 1 rings (SSSR count). The molecule has 8 heteroatoms. The smallest absolute Gasteiger partial charge is 0.243 e. The fraction of sp³-hybridized carbons (Fsp3) is 0.455. The highest BCUT2D eigenvalue weighted by molar-refractivity contribution is 9.10. The van der Waals surface area contributed by atoms with Crippen LogP contribution in [0.5, 0.6) is 0 Å². The maximum absolute atomic E-state index is 13.9. The molecule has 4 nitrogen and oxygen atoms in total. The fourth-order valence-corrected chi connectivity index (χ4v) is 4.07. The minimum atomic E-state index is -3.91. The van der Waals surface area contributed by atoms with Gasteiger partial charge >= 0.3 is 0 Å². The Morgan fingerprint density at radius 2 is 2.16 bits per heavy atom. The highest BCUT2D eigenvalue weighted by Crippen LogP contribution is 2.26. The normalized spacial score (nSPS) is 13.5. The predicted octanol–water partition coefficient (Wildman–Crippen LogP) is 2.59. The zero-order chi connectivity index (χ0) is 14.6. The Morgan fingerprint density at radius 3 is 2.74 bits per heavy atom. The van der Waals surface area contributed by atoms with Gasteiger partial charge in [-0.15, -0.1) is 0 Å². The molecule has 0 aromatic heterocycles. The van der Waals surface area contributed by atoms with Crippen LogP contribution >= 0.6 is 27.7 Å². The molecule has 0 radical (unpaired) electrons. The van der Waals surface area contributed by atoms with Gasteiger partial charge in [-0.05, 0) is 53.4 Å². The van der Waals surface area contributed by atoms with Crippen molar-refractivity contribution in [3.05, 3.63) is 22.4 Å². The molecular formula is C11H16BrFN2O2S2. The Balaban J connectivity index is 3.01. The van der Waals surface area contributed by atoms with Crippen LogP contribution in [0.3, 0.4) is 0 Å². The first-order chi connectivity index (χ1) is 8.77. The molecule has 1 atom stereocenters. The van der Waals surface area contributed by atoms with E-state index >= 15 is 0 Å². The zero-order valence-corrected chi connectivity index (χ0v) is 13.8. The summed E-state index contributed by atoms with van der Waals surface area (Å²) in [5.74, 6) is -0.00829. The number of hydrogen-bond acceptors (Lipinski definition) is 4. The van der Waals surface area contributed by atoms with Gasteiger partial charge in [-0.1, -0.05) is 0 Å². The number of benzene rings is 1. The SMILES string of the molecule is CSCCC(C)NS(=O)(=O)c1cc(N)cc(Br)c1F. The van der Waals surface area contributed by atoms with Gasteiger partial charge in [0.15, 0.2) is 5.82 Å². The zero-order valence-electron chi connectivity index (χ0n) is 10.6. The summed E-state index contributed by atoms with van der Waals surface area (Å²) in [6.07, 6.45) is 2.61. The van der Waals surface area contributed by atoms with E-state index in [0.29, 0.717) is 6.42 Å². The number of sulfonamides is 1. The lowest BCUT2D eigenvalue weighted by Gasteiger charge is -2.14. The average molecular weight is 371 g/mol. The van der Waals surface area contributed by atoms with E-state index in [-0.39, 0.29) is 16.2 Å². The van der Waals surface area contributed by atoms with Crippen molar-refractivity contribution in [3.8, 4) is 0 Å². The van der Waals surface area contributed by atoms with Crippen molar-refractivity contribution in [1.82, 2.24) is 4.72 Å². The topological polar surface area (TPSA) is 72.2 Å². The second kappa shape index (κ2) is 6.92. The minimum Gasteiger partial charge on any atom is -0.399 e. The van der Waals surface area contributed by atoms with E-state index in [1.165, 1.54) is 6.07 Å². The van der Waals surface area contributed by atoms with E-state index in [1.54, 1.807) is 18.7 Å². The van der Waals surface area contributed by atoms with Crippen molar-refractivity contribution in [3.63, 3.8) is 0 Å². The molecule has 0 saturated carbocycles. The van der Waals surface area contributed by atoms with Crippen LogP contribution in [0.25, 0.3) is 0 Å². The first-order valence-corrected chi connectivity index (χ1v) is 9.20. The number of thioether (sulfide) groups is 1. The van der Waals surface area contributed by atoms with Crippen LogP contribution in [0.1, 0.15) is 13.3 Å². The summed E-state index contributed by atoms with van der Waals surface area (Å²) in [6, 6.07) is 2.17. The highest BCUT2D eigenvalue weighted by Gasteiger charge is 2.23. The maximum Gasteiger partial charge on any atom is 0.243 e. The third-order valence-corrected chi connectivity index (χ3v) is 5.23. The van der Waals surface area contributed by atoms with Crippen LogP contribution in [-0.4, -0.2) is 26.5 Å². The molecule has 0 amide bonds. The Kier molecular flexibility index (Phi) is 6.10. The van der Waals surface area contributed by atoms with Gasteiger partial charge < -0.3 is 5.73 Å². The van der Waals surface area contributed by atoms with E-state index < -0.39 is 20.7 Å². The van der Waals surface area contributed by atoms with Gasteiger partial charge in [0, 0.05) is 11.7 Å². The first kappa shape index (κ1) is 16.7. The van der Waals surface area contributed by atoms with E-state index in [0.717, 1.165) is 11.8 Å². The number of anilines is 1. The number of halogens is 2. The third-order valence-electron chi connectivity index (χ3n) is 2.42. The van der Waals surface area contributed by atoms with E-state index in [2.05, 4.69) is 20.7 Å². The lowest BCUT2D eigenvalue weighted by Crippen LogP contribution is -2.33. The number of nitrogen functional groups attached to an aromatic ring is 1. The Bertz CT molecular complexity index is 552. The molecular weight excluding hydrogens is 355 g/mol. The molecule has 1 unspecified atom stereocenters. The Labute approximate surface area is 125 Å². The van der Waals surface area contributed by atoms with Crippen molar-refractivity contribution >= 4 is 43.4 Å². The highest BCUT2D eigenvalue weighted by atomic mass is 79.9. The average Bonchev–Trinajstić information content (AvgIpc) is 2.30. The van der Waals surface area contributed by atoms with E-state index in [4.69, 9.17) is 5.73 Å². The number of hydrogen-bond donors (Lipinski definition) is 2. The van der Waals surface area contributed by atoms with Gasteiger partial charge in [-0.2, -0.15) is 11.8 Å². The van der Waals surface area contributed by atoms with Crippen molar-refractivity contribution in [2.75, 3.05) is 17.7 Å². The molecule has 0 bridgehead atoms. The van der Waals surface area contributed by atoms with Gasteiger partial charge in [-0.3, -0.25) is 0 Å². The summed E-state index contributed by atoms with van der Waals surface area (Å²) < 4.78 is 40.5. The molecule has 0 spiro atoms. The number of nitrogens with two attached hydrogens (primary N) is 1. The second-order valence-corrected chi connectivity index (χ2v) is 7.64. The number of rotatable bonds is 6. The van der Waals surface area contributed by atoms with Gasteiger partial charge in [0.2, 0.25) is 10.0 Å². The maximum atomic E-state index is 13.9. The van der Waals surface area contributed by atoms with Crippen molar-refractivity contribution < 1.29 is 12.8 Å². The van der Waals surface area contributed by atoms with Gasteiger partial charge in [0.25, 0.3) is 0 Å². The molecule has 0 aliphatic carbocycles. The lowest BCUT2D eigenvalue weighted by atomic mass is 10.3. The summed E-state index contributed by atoms with van der Waals surface area (Å²) in [6.45, 7) is 1.74. The predicted molar refractivity (Wildman–Crippen MR) is 81.3 cm³/mol. The fourth-order valence-electron chi connectivity index (χ4n) is 1.46. The van der Waals surface area contributed by atoms with Crippen LogP contribution < -0.4 is 10.5 Å². The standard InChI is InChI=1S/C11H16BrFN2O2S2/c1-7(3-4-18-2)15-19(16,17)10-6-8(14)5-9(12)11(10)13/h5-7,15H,3-4,14H2,1-2H3. The van der Waals surface area contributed by atoms with Crippen LogP contribution in [0.2, 0.25) is 0 Å². The quantitative estimate of drug-likeness (QED) is 0.754. The van der Waals surface area contributed by atoms with Gasteiger partial charge in [-0.25, -0.2) is 17.5 Å². The molecule has 0 fully saturated rings. The molecule has 0 saturated heterocycles. The minimum absolute atomic E-state index is 0.0321. The van der Waals surface area contributed by atoms with Crippen LogP contribution in [0, 0.1) is 5.82 Å². The van der Waals surface area contributed by atoms with Crippen molar-refractivity contribution in [2.45, 2.75) is 24.3 Å². The van der Waals surface area contributed by atoms with Crippen molar-refractivity contribution in [2.24, 2.45) is 0 Å². The van der Waals surface area contributed by atoms with E-state index in [9.17, 15) is 12.8 Å². The summed E-state index contributed by atoms with van der Waals surface area (Å²) in [7, 11) is -3.91. The Morgan fingerprint density at radius 1 is 1.53 bits per heavy atom. The second-order valence-electron chi connectivity index (χ2n) is 4.12. The molecule has 0 aliphatic rings. The molecule has 0 heterocycles. The molecule has 108 valence electrons. The molecule has 0 aliphatic heterocycles. The Hall–Kier alpha value is -0.310. The molecule has 1 aromatic carbocycles. The number of nitrogens with one attached hydrogen (secondary N) is 1. The van der Waals surface area contributed by atoms with Crippen LogP contribution in [-0.2, 0) is 10.0 Å². The third kappa shape index (κ3) is 4.62. The molecule has 1 aromatic rings. The summed E-state index contributed by atoms with van der Waals surface area (Å²) in [5.41, 5.74) is 5.73. The largest absolute Gasteiger partial charge is 0.399 e. The van der Waals surface area contributed by atoms with Crippen LogP contribution in [0.4, 0.5) is 10.1 Å². The monoisotopic (exact) mass is 370 g/mol. The summed E-state index contributed by atoms with van der Waals surface area (Å²) in [5, 5.41) is 0.